The molecular formula is C10H11ClN2O2. The highest BCUT2D eigenvalue weighted by atomic mass is 35.5. The van der Waals surface area contributed by atoms with E-state index in [1.54, 1.807) is 6.20 Å². The van der Waals surface area contributed by atoms with Crippen LogP contribution in [0.5, 0.6) is 0 Å². The molecule has 3 rings (SSSR count). The van der Waals surface area contributed by atoms with Crippen LogP contribution in [-0.2, 0) is 10.3 Å². The van der Waals surface area contributed by atoms with Gasteiger partial charge in [-0.2, -0.15) is 0 Å². The summed E-state index contributed by atoms with van der Waals surface area (Å²) < 4.78 is 5.63. The van der Waals surface area contributed by atoms with Gasteiger partial charge in [0.05, 0.1) is 11.3 Å². The summed E-state index contributed by atoms with van der Waals surface area (Å²) in [6, 6.07) is 0. The normalized spacial score (nSPS) is 27.2. The number of aliphatic hydroxyl groups is 1. The summed E-state index contributed by atoms with van der Waals surface area (Å²) in [5.41, 5.74) is 1.05. The van der Waals surface area contributed by atoms with Gasteiger partial charge in [0.2, 0.25) is 5.28 Å². The van der Waals surface area contributed by atoms with Crippen LogP contribution >= 0.6 is 11.6 Å². The molecule has 0 saturated heterocycles. The first-order valence-electron chi connectivity index (χ1n) is 5.10. The van der Waals surface area contributed by atoms with Crippen LogP contribution in [0, 0.1) is 0 Å². The van der Waals surface area contributed by atoms with E-state index in [9.17, 15) is 5.11 Å². The van der Waals surface area contributed by atoms with E-state index in [1.165, 1.54) is 0 Å². The lowest BCUT2D eigenvalue weighted by atomic mass is 9.97. The Hall–Kier alpha value is -0.710. The molecule has 1 atom stereocenters. The number of fused-ring (bicyclic) bond motifs is 2. The van der Waals surface area contributed by atoms with E-state index in [-0.39, 0.29) is 5.28 Å². The topological polar surface area (TPSA) is 55.2 Å². The summed E-state index contributed by atoms with van der Waals surface area (Å²) in [5.74, 6) is 0. The number of ether oxygens (including phenoxy) is 1. The Bertz CT molecular complexity index is 404. The zero-order chi connectivity index (χ0) is 10.5. The lowest BCUT2D eigenvalue weighted by Crippen LogP contribution is -2.22. The maximum absolute atomic E-state index is 9.75. The third-order valence-corrected chi connectivity index (χ3v) is 3.42. The first-order valence-corrected chi connectivity index (χ1v) is 5.48. The van der Waals surface area contributed by atoms with Crippen LogP contribution in [-0.4, -0.2) is 15.1 Å². The first kappa shape index (κ1) is 9.51. The van der Waals surface area contributed by atoms with Crippen LogP contribution in [0.4, 0.5) is 0 Å². The van der Waals surface area contributed by atoms with E-state index < -0.39 is 11.9 Å². The predicted molar refractivity (Wildman–Crippen MR) is 53.2 cm³/mol. The number of halogens is 1. The number of nitrogens with zero attached hydrogens (tertiary/aromatic N) is 2. The maximum Gasteiger partial charge on any atom is 0.222 e. The molecule has 0 amide bonds. The number of hydrogen-bond acceptors (Lipinski definition) is 4. The standard InChI is InChI=1S/C10H11ClN2O2/c11-9-12-5-6-7(13-9)10(15-8(6)14)3-1-2-4-10/h5,8,14H,1-4H2/t8-/m1/s1. The number of hydrogen-bond donors (Lipinski definition) is 1. The van der Waals surface area contributed by atoms with E-state index in [0.717, 1.165) is 31.4 Å². The number of aromatic nitrogens is 2. The van der Waals surface area contributed by atoms with E-state index in [4.69, 9.17) is 16.3 Å². The molecule has 0 radical (unpaired) electrons. The van der Waals surface area contributed by atoms with Crippen molar-refractivity contribution < 1.29 is 9.84 Å². The van der Waals surface area contributed by atoms with Crippen molar-refractivity contribution in [3.63, 3.8) is 0 Å². The Balaban J connectivity index is 2.15. The molecule has 1 fully saturated rings. The highest BCUT2D eigenvalue weighted by molar-refractivity contribution is 6.28. The molecule has 2 aliphatic rings. The van der Waals surface area contributed by atoms with Gasteiger partial charge in [0.15, 0.2) is 6.29 Å². The minimum absolute atomic E-state index is 0.220. The van der Waals surface area contributed by atoms with Crippen LogP contribution in [0.2, 0.25) is 5.28 Å². The monoisotopic (exact) mass is 226 g/mol. The van der Waals surface area contributed by atoms with Gasteiger partial charge in [-0.1, -0.05) is 12.8 Å². The molecule has 5 heteroatoms. The van der Waals surface area contributed by atoms with Gasteiger partial charge in [0.1, 0.15) is 5.60 Å². The third-order valence-electron chi connectivity index (χ3n) is 3.23. The summed E-state index contributed by atoms with van der Waals surface area (Å²) in [5, 5.41) is 9.97. The lowest BCUT2D eigenvalue weighted by molar-refractivity contribution is -0.170. The fourth-order valence-electron chi connectivity index (χ4n) is 2.55. The van der Waals surface area contributed by atoms with Crippen LogP contribution in [0.3, 0.4) is 0 Å². The van der Waals surface area contributed by atoms with Gasteiger partial charge in [-0.25, -0.2) is 9.97 Å². The fraction of sp³-hybridized carbons (Fsp3) is 0.600. The SMILES string of the molecule is O[C@@H]1OC2(CCCC2)c2nc(Cl)ncc21. The molecule has 1 N–H and O–H groups in total. The van der Waals surface area contributed by atoms with Crippen molar-refractivity contribution in [3.05, 3.63) is 22.7 Å². The highest BCUT2D eigenvalue weighted by Crippen LogP contribution is 2.50. The fourth-order valence-corrected chi connectivity index (χ4v) is 2.68. The minimum atomic E-state index is -0.893. The Kier molecular flexibility index (Phi) is 1.99. The number of rotatable bonds is 0. The molecule has 1 aromatic rings. The molecule has 1 aliphatic carbocycles. The third kappa shape index (κ3) is 1.29. The van der Waals surface area contributed by atoms with Crippen molar-refractivity contribution in [1.29, 1.82) is 0 Å². The van der Waals surface area contributed by atoms with Crippen molar-refractivity contribution in [2.45, 2.75) is 37.6 Å². The van der Waals surface area contributed by atoms with Crippen LogP contribution in [0.1, 0.15) is 43.2 Å². The van der Waals surface area contributed by atoms with Gasteiger partial charge in [-0.3, -0.25) is 0 Å². The van der Waals surface area contributed by atoms with Gasteiger partial charge >= 0.3 is 0 Å². The smallest absolute Gasteiger partial charge is 0.222 e. The summed E-state index contributed by atoms with van der Waals surface area (Å²) in [6.45, 7) is 0. The molecule has 1 saturated carbocycles. The molecule has 1 aliphatic heterocycles. The zero-order valence-electron chi connectivity index (χ0n) is 8.11. The van der Waals surface area contributed by atoms with Crippen LogP contribution in [0.25, 0.3) is 0 Å². The molecule has 80 valence electrons. The summed E-state index contributed by atoms with van der Waals surface area (Å²) >= 11 is 5.77. The molecule has 0 aromatic carbocycles. The van der Waals surface area contributed by atoms with Crippen molar-refractivity contribution in [2.24, 2.45) is 0 Å². The van der Waals surface area contributed by atoms with Crippen LogP contribution < -0.4 is 0 Å². The number of aliphatic hydroxyl groups excluding tert-OH is 1. The van der Waals surface area contributed by atoms with Crippen molar-refractivity contribution in [2.75, 3.05) is 0 Å². The van der Waals surface area contributed by atoms with E-state index in [1.807, 2.05) is 0 Å². The van der Waals surface area contributed by atoms with Gasteiger partial charge in [-0.05, 0) is 24.4 Å². The average Bonchev–Trinajstić information content (AvgIpc) is 2.76. The van der Waals surface area contributed by atoms with E-state index >= 15 is 0 Å². The van der Waals surface area contributed by atoms with Crippen molar-refractivity contribution >= 4 is 11.6 Å². The summed E-state index contributed by atoms with van der Waals surface area (Å²) in [6.07, 6.45) is 4.69. The minimum Gasteiger partial charge on any atom is -0.364 e. The second-order valence-corrected chi connectivity index (χ2v) is 4.45. The van der Waals surface area contributed by atoms with Crippen molar-refractivity contribution in [1.82, 2.24) is 9.97 Å². The molecule has 1 aromatic heterocycles. The van der Waals surface area contributed by atoms with E-state index in [2.05, 4.69) is 9.97 Å². The predicted octanol–water partition coefficient (Wildman–Crippen LogP) is 1.92. The Labute approximate surface area is 92.3 Å². The van der Waals surface area contributed by atoms with Crippen molar-refractivity contribution in [3.8, 4) is 0 Å². The van der Waals surface area contributed by atoms with Gasteiger partial charge < -0.3 is 9.84 Å². The molecule has 4 nitrogen and oxygen atoms in total. The highest BCUT2D eigenvalue weighted by Gasteiger charge is 2.48. The molecule has 15 heavy (non-hydrogen) atoms. The lowest BCUT2D eigenvalue weighted by Gasteiger charge is -2.22. The Morgan fingerprint density at radius 2 is 2.20 bits per heavy atom. The maximum atomic E-state index is 9.75. The zero-order valence-corrected chi connectivity index (χ0v) is 8.87. The molecule has 0 unspecified atom stereocenters. The van der Waals surface area contributed by atoms with Crippen LogP contribution in [0.15, 0.2) is 6.20 Å². The largest absolute Gasteiger partial charge is 0.364 e. The van der Waals surface area contributed by atoms with E-state index in [0.29, 0.717) is 5.56 Å². The summed E-state index contributed by atoms with van der Waals surface area (Å²) in [4.78, 5) is 8.08. The Morgan fingerprint density at radius 1 is 1.47 bits per heavy atom. The molecule has 0 bridgehead atoms. The van der Waals surface area contributed by atoms with Gasteiger partial charge in [0.25, 0.3) is 0 Å². The van der Waals surface area contributed by atoms with Gasteiger partial charge in [0, 0.05) is 6.20 Å². The quantitative estimate of drug-likeness (QED) is 0.687. The summed E-state index contributed by atoms with van der Waals surface area (Å²) in [7, 11) is 0. The second-order valence-electron chi connectivity index (χ2n) is 4.11. The second kappa shape index (κ2) is 3.14. The van der Waals surface area contributed by atoms with Gasteiger partial charge in [-0.15, -0.1) is 0 Å². The molecular weight excluding hydrogens is 216 g/mol. The molecule has 2 heterocycles. The first-order chi connectivity index (χ1) is 7.21. The average molecular weight is 227 g/mol. The molecule has 1 spiro atoms. The Morgan fingerprint density at radius 3 is 2.93 bits per heavy atom.